The van der Waals surface area contributed by atoms with Crippen LogP contribution in [0.5, 0.6) is 5.75 Å². The third-order valence-electron chi connectivity index (χ3n) is 2.49. The van der Waals surface area contributed by atoms with Gasteiger partial charge < -0.3 is 4.74 Å². The average Bonchev–Trinajstić information content (AvgIpc) is 2.38. The largest absolute Gasteiger partial charge is 0.488 e. The first-order valence-corrected chi connectivity index (χ1v) is 7.53. The summed E-state index contributed by atoms with van der Waals surface area (Å²) in [4.78, 5) is 0. The Balaban J connectivity index is 2.17. The minimum Gasteiger partial charge on any atom is -0.488 e. The molecule has 1 radical (unpaired) electrons. The molecule has 0 aromatic heterocycles. The normalized spacial score (nSPS) is 12.1. The third kappa shape index (κ3) is 3.90. The monoisotopic (exact) mass is 273 g/mol. The van der Waals surface area contributed by atoms with Crippen molar-refractivity contribution < 1.29 is 9.30 Å². The van der Waals surface area contributed by atoms with E-state index >= 15 is 0 Å². The first-order chi connectivity index (χ1) is 8.96. The fourth-order valence-electron chi connectivity index (χ4n) is 1.72. The molecule has 0 aliphatic carbocycles. The molecule has 0 heterocycles. The Morgan fingerprint density at radius 1 is 0.842 bits per heavy atom. The Hall–Kier alpha value is -1.66. The third-order valence-corrected chi connectivity index (χ3v) is 4.02. The van der Waals surface area contributed by atoms with E-state index in [1.807, 2.05) is 75.4 Å². The van der Waals surface area contributed by atoms with E-state index in [-0.39, 0.29) is 5.60 Å². The number of hydrogen-bond donors (Lipinski definition) is 0. The van der Waals surface area contributed by atoms with Gasteiger partial charge in [0.15, 0.2) is 0 Å². The minimum absolute atomic E-state index is 0.219. The lowest BCUT2D eigenvalue weighted by atomic mass is 10.2. The standard InChI is InChI=1S/C16H18O2P/c1-16(2,3)18-13-9-11-15(12-10-13)19(17)14-7-5-4-6-8-14/h4-12H,1-3H3. The molecule has 19 heavy (non-hydrogen) atoms. The number of hydrogen-bond acceptors (Lipinski definition) is 2. The van der Waals surface area contributed by atoms with Crippen LogP contribution >= 0.6 is 7.80 Å². The lowest BCUT2D eigenvalue weighted by Gasteiger charge is -2.21. The topological polar surface area (TPSA) is 26.3 Å². The highest BCUT2D eigenvalue weighted by Gasteiger charge is 2.12. The molecule has 3 heteroatoms. The first kappa shape index (κ1) is 13.8. The van der Waals surface area contributed by atoms with Crippen molar-refractivity contribution in [3.05, 3.63) is 54.6 Å². The van der Waals surface area contributed by atoms with Crippen LogP contribution in [0.25, 0.3) is 0 Å². The number of ether oxygens (including phenoxy) is 1. The second-order valence-electron chi connectivity index (χ2n) is 5.34. The van der Waals surface area contributed by atoms with E-state index in [1.165, 1.54) is 0 Å². The number of benzene rings is 2. The fourth-order valence-corrected chi connectivity index (χ4v) is 2.88. The Bertz CT molecular complexity index is 554. The van der Waals surface area contributed by atoms with Crippen LogP contribution in [0.3, 0.4) is 0 Å². The highest BCUT2D eigenvalue weighted by Crippen LogP contribution is 2.22. The molecule has 0 saturated heterocycles. The lowest BCUT2D eigenvalue weighted by molar-refractivity contribution is 0.131. The van der Waals surface area contributed by atoms with Crippen LogP contribution in [0.1, 0.15) is 20.8 Å². The van der Waals surface area contributed by atoms with Gasteiger partial charge in [-0.05, 0) is 57.2 Å². The summed E-state index contributed by atoms with van der Waals surface area (Å²) >= 11 is 0. The molecule has 2 aromatic rings. The molecule has 0 bridgehead atoms. The molecule has 0 aliphatic heterocycles. The van der Waals surface area contributed by atoms with Gasteiger partial charge in [-0.25, -0.2) is 0 Å². The molecule has 2 aromatic carbocycles. The Morgan fingerprint density at radius 2 is 1.37 bits per heavy atom. The van der Waals surface area contributed by atoms with E-state index in [0.717, 1.165) is 16.4 Å². The minimum atomic E-state index is -1.52. The van der Waals surface area contributed by atoms with Crippen molar-refractivity contribution in [3.8, 4) is 5.75 Å². The van der Waals surface area contributed by atoms with E-state index in [9.17, 15) is 4.57 Å². The van der Waals surface area contributed by atoms with Gasteiger partial charge in [-0.3, -0.25) is 4.57 Å². The molecule has 99 valence electrons. The average molecular weight is 273 g/mol. The van der Waals surface area contributed by atoms with Crippen LogP contribution in [0.15, 0.2) is 54.6 Å². The molecular formula is C16H18O2P. The zero-order valence-electron chi connectivity index (χ0n) is 11.5. The van der Waals surface area contributed by atoms with E-state index in [2.05, 4.69) is 0 Å². The van der Waals surface area contributed by atoms with Crippen LogP contribution < -0.4 is 15.3 Å². The van der Waals surface area contributed by atoms with Crippen LogP contribution in [0.2, 0.25) is 0 Å². The summed E-state index contributed by atoms with van der Waals surface area (Å²) in [5.74, 6) is 0.799. The summed E-state index contributed by atoms with van der Waals surface area (Å²) in [6.07, 6.45) is 0. The maximum atomic E-state index is 12.4. The summed E-state index contributed by atoms with van der Waals surface area (Å²) < 4.78 is 18.1. The van der Waals surface area contributed by atoms with Crippen molar-refractivity contribution >= 4 is 18.4 Å². The summed E-state index contributed by atoms with van der Waals surface area (Å²) in [5.41, 5.74) is -0.219. The summed E-state index contributed by atoms with van der Waals surface area (Å²) in [6.45, 7) is 6.02. The maximum absolute atomic E-state index is 12.4. The van der Waals surface area contributed by atoms with E-state index in [1.54, 1.807) is 0 Å². The maximum Gasteiger partial charge on any atom is 0.136 e. The highest BCUT2D eigenvalue weighted by atomic mass is 31.1. The van der Waals surface area contributed by atoms with Crippen molar-refractivity contribution in [2.24, 2.45) is 0 Å². The molecule has 0 N–H and O–H groups in total. The SMILES string of the molecule is CC(C)(C)Oc1ccc([P](=O)c2ccccc2)cc1. The molecule has 1 atom stereocenters. The summed E-state index contributed by atoms with van der Waals surface area (Å²) in [6, 6.07) is 17.0. The van der Waals surface area contributed by atoms with Gasteiger partial charge in [0, 0.05) is 10.6 Å². The molecule has 1 unspecified atom stereocenters. The molecule has 0 spiro atoms. The molecule has 0 aliphatic rings. The van der Waals surface area contributed by atoms with Gasteiger partial charge in [0.2, 0.25) is 0 Å². The van der Waals surface area contributed by atoms with Gasteiger partial charge in [0.25, 0.3) is 0 Å². The lowest BCUT2D eigenvalue weighted by Crippen LogP contribution is -2.23. The zero-order valence-corrected chi connectivity index (χ0v) is 12.4. The van der Waals surface area contributed by atoms with E-state index in [4.69, 9.17) is 4.74 Å². The van der Waals surface area contributed by atoms with Crippen LogP contribution in [-0.2, 0) is 4.57 Å². The first-order valence-electron chi connectivity index (χ1n) is 6.27. The van der Waals surface area contributed by atoms with Gasteiger partial charge in [0.1, 0.15) is 19.2 Å². The van der Waals surface area contributed by atoms with Crippen molar-refractivity contribution in [2.75, 3.05) is 0 Å². The Labute approximate surface area is 115 Å². The van der Waals surface area contributed by atoms with Gasteiger partial charge in [-0.2, -0.15) is 0 Å². The smallest absolute Gasteiger partial charge is 0.136 e. The summed E-state index contributed by atoms with van der Waals surface area (Å²) in [7, 11) is -1.52. The van der Waals surface area contributed by atoms with Gasteiger partial charge in [-0.1, -0.05) is 18.2 Å². The van der Waals surface area contributed by atoms with Gasteiger partial charge in [0.05, 0.1) is 0 Å². The second-order valence-corrected chi connectivity index (χ2v) is 6.96. The molecule has 0 amide bonds. The molecule has 0 saturated carbocycles. The zero-order chi connectivity index (χ0) is 13.9. The van der Waals surface area contributed by atoms with E-state index < -0.39 is 7.80 Å². The van der Waals surface area contributed by atoms with Crippen molar-refractivity contribution in [1.29, 1.82) is 0 Å². The van der Waals surface area contributed by atoms with Crippen molar-refractivity contribution in [3.63, 3.8) is 0 Å². The van der Waals surface area contributed by atoms with Gasteiger partial charge >= 0.3 is 0 Å². The van der Waals surface area contributed by atoms with Crippen LogP contribution in [-0.4, -0.2) is 5.60 Å². The van der Waals surface area contributed by atoms with E-state index in [0.29, 0.717) is 0 Å². The highest BCUT2D eigenvalue weighted by molar-refractivity contribution is 7.61. The van der Waals surface area contributed by atoms with Crippen LogP contribution in [0.4, 0.5) is 0 Å². The van der Waals surface area contributed by atoms with Gasteiger partial charge in [-0.15, -0.1) is 0 Å². The second kappa shape index (κ2) is 5.54. The molecule has 0 fully saturated rings. The predicted octanol–water partition coefficient (Wildman–Crippen LogP) is 3.64. The Morgan fingerprint density at radius 3 is 1.89 bits per heavy atom. The van der Waals surface area contributed by atoms with Crippen molar-refractivity contribution in [1.82, 2.24) is 0 Å². The quantitative estimate of drug-likeness (QED) is 0.798. The Kier molecular flexibility index (Phi) is 4.01. The fraction of sp³-hybridized carbons (Fsp3) is 0.250. The van der Waals surface area contributed by atoms with Crippen molar-refractivity contribution in [2.45, 2.75) is 26.4 Å². The summed E-state index contributed by atoms with van der Waals surface area (Å²) in [5, 5.41) is 1.67. The molecule has 2 rings (SSSR count). The molecular weight excluding hydrogens is 255 g/mol. The van der Waals surface area contributed by atoms with Crippen LogP contribution in [0, 0.1) is 0 Å². The predicted molar refractivity (Wildman–Crippen MR) is 80.1 cm³/mol. The molecule has 2 nitrogen and oxygen atoms in total. The number of rotatable bonds is 3.